The Labute approximate surface area is 198 Å². The fourth-order valence-electron chi connectivity index (χ4n) is 3.96. The second-order valence-corrected chi connectivity index (χ2v) is 7.99. The van der Waals surface area contributed by atoms with E-state index < -0.39 is 0 Å². The third kappa shape index (κ3) is 4.52. The van der Waals surface area contributed by atoms with E-state index in [9.17, 15) is 9.59 Å². The highest BCUT2D eigenvalue weighted by molar-refractivity contribution is 6.14. The van der Waals surface area contributed by atoms with Gasteiger partial charge in [0.2, 0.25) is 5.78 Å². The number of ether oxygens (including phenoxy) is 2. The second kappa shape index (κ2) is 9.59. The van der Waals surface area contributed by atoms with Gasteiger partial charge in [-0.15, -0.1) is 0 Å². The normalized spacial score (nSPS) is 17.1. The molecule has 0 saturated heterocycles. The van der Waals surface area contributed by atoms with Crippen LogP contribution in [0.2, 0.25) is 0 Å². The fourth-order valence-corrected chi connectivity index (χ4v) is 3.96. The molecule has 0 aliphatic carbocycles. The third-order valence-electron chi connectivity index (χ3n) is 5.67. The van der Waals surface area contributed by atoms with Crippen LogP contribution in [0.4, 0.5) is 0 Å². The number of carbonyl (C=O) groups excluding carboxylic acids is 2. The Morgan fingerprint density at radius 3 is 1.94 bits per heavy atom. The zero-order valence-corrected chi connectivity index (χ0v) is 18.4. The maximum Gasteiger partial charge on any atom is 0.231 e. The van der Waals surface area contributed by atoms with Gasteiger partial charge in [-0.2, -0.15) is 0 Å². The number of benzene rings is 4. The molecule has 1 unspecified atom stereocenters. The second-order valence-electron chi connectivity index (χ2n) is 7.99. The maximum absolute atomic E-state index is 12.0. The summed E-state index contributed by atoms with van der Waals surface area (Å²) in [5.74, 6) is 1.82. The lowest BCUT2D eigenvalue weighted by Gasteiger charge is -2.25. The van der Waals surface area contributed by atoms with E-state index in [0.29, 0.717) is 34.8 Å². The Balaban J connectivity index is 0.000000142. The average molecular weight is 447 g/mol. The van der Waals surface area contributed by atoms with E-state index >= 15 is 0 Å². The van der Waals surface area contributed by atoms with Crippen LogP contribution in [0.1, 0.15) is 44.4 Å². The molecule has 4 aromatic carbocycles. The van der Waals surface area contributed by atoms with Gasteiger partial charge in [-0.3, -0.25) is 9.59 Å². The Morgan fingerprint density at radius 2 is 1.24 bits per heavy atom. The Morgan fingerprint density at radius 1 is 0.647 bits per heavy atom. The quantitative estimate of drug-likeness (QED) is 0.322. The minimum absolute atomic E-state index is 0.0514. The number of Topliss-reactive ketones (excluding diaryl/α,β-unsaturated/α-hetero) is 2. The summed E-state index contributed by atoms with van der Waals surface area (Å²) in [5, 5.41) is 0. The summed E-state index contributed by atoms with van der Waals surface area (Å²) < 4.78 is 11.4. The number of rotatable bonds is 2. The fraction of sp³-hybridized carbons (Fsp3) is 0.0667. The molecule has 0 radical (unpaired) electrons. The van der Waals surface area contributed by atoms with Gasteiger partial charge in [-0.1, -0.05) is 84.9 Å². The number of para-hydroxylation sites is 2. The van der Waals surface area contributed by atoms with Crippen molar-refractivity contribution >= 4 is 17.6 Å². The number of carbonyl (C=O) groups is 2. The van der Waals surface area contributed by atoms with Crippen LogP contribution in [0.15, 0.2) is 115 Å². The molecule has 0 saturated carbocycles. The van der Waals surface area contributed by atoms with Crippen molar-refractivity contribution in [2.24, 2.45) is 0 Å². The van der Waals surface area contributed by atoms with Crippen molar-refractivity contribution < 1.29 is 19.1 Å². The lowest BCUT2D eigenvalue weighted by Crippen LogP contribution is -2.20. The number of ketones is 2. The van der Waals surface area contributed by atoms with Crippen molar-refractivity contribution in [1.82, 2.24) is 0 Å². The Bertz CT molecular complexity index is 1360. The van der Waals surface area contributed by atoms with Gasteiger partial charge in [0.05, 0.1) is 17.5 Å². The van der Waals surface area contributed by atoms with Crippen molar-refractivity contribution in [2.45, 2.75) is 12.5 Å². The minimum atomic E-state index is -0.154. The van der Waals surface area contributed by atoms with Crippen LogP contribution in [0.3, 0.4) is 0 Å². The van der Waals surface area contributed by atoms with Crippen LogP contribution < -0.4 is 9.47 Å². The number of hydrogen-bond donors (Lipinski definition) is 0. The van der Waals surface area contributed by atoms with E-state index in [1.165, 1.54) is 0 Å². The highest BCUT2D eigenvalue weighted by Crippen LogP contribution is 2.34. The summed E-state index contributed by atoms with van der Waals surface area (Å²) in [6, 6.07) is 34.2. The summed E-state index contributed by atoms with van der Waals surface area (Å²) in [4.78, 5) is 24.0. The van der Waals surface area contributed by atoms with E-state index in [2.05, 4.69) is 0 Å². The highest BCUT2D eigenvalue weighted by Gasteiger charge is 2.27. The molecule has 6 rings (SSSR count). The molecule has 4 nitrogen and oxygen atoms in total. The lowest BCUT2D eigenvalue weighted by molar-refractivity contribution is 0.0849. The predicted molar refractivity (Wildman–Crippen MR) is 131 cm³/mol. The summed E-state index contributed by atoms with van der Waals surface area (Å²) in [5.41, 5.74) is 3.34. The number of fused-ring (bicyclic) bond motifs is 2. The largest absolute Gasteiger partial charge is 0.484 e. The van der Waals surface area contributed by atoms with E-state index in [0.717, 1.165) is 11.1 Å². The molecule has 2 aliphatic rings. The van der Waals surface area contributed by atoms with Gasteiger partial charge in [0.1, 0.15) is 17.6 Å². The van der Waals surface area contributed by atoms with Gasteiger partial charge in [0.15, 0.2) is 11.5 Å². The van der Waals surface area contributed by atoms with Crippen molar-refractivity contribution in [3.8, 4) is 11.5 Å². The number of allylic oxidation sites excluding steroid dienone is 1. The van der Waals surface area contributed by atoms with Gasteiger partial charge in [0, 0.05) is 0 Å². The Kier molecular flexibility index (Phi) is 6.04. The van der Waals surface area contributed by atoms with Crippen LogP contribution >= 0.6 is 0 Å². The maximum atomic E-state index is 12.0. The van der Waals surface area contributed by atoms with Gasteiger partial charge in [0.25, 0.3) is 0 Å². The van der Waals surface area contributed by atoms with E-state index in [-0.39, 0.29) is 17.7 Å². The first-order valence-corrected chi connectivity index (χ1v) is 11.1. The molecule has 0 aromatic heterocycles. The lowest BCUT2D eigenvalue weighted by atomic mass is 9.96. The molecule has 4 aromatic rings. The highest BCUT2D eigenvalue weighted by atomic mass is 16.5. The zero-order valence-electron chi connectivity index (χ0n) is 18.4. The monoisotopic (exact) mass is 446 g/mol. The first kappa shape index (κ1) is 21.4. The molecule has 2 heterocycles. The molecule has 2 aliphatic heterocycles. The van der Waals surface area contributed by atoms with E-state index in [1.807, 2.05) is 97.1 Å². The molecule has 34 heavy (non-hydrogen) atoms. The van der Waals surface area contributed by atoms with Crippen molar-refractivity contribution in [3.63, 3.8) is 0 Å². The average Bonchev–Trinajstić information content (AvgIpc) is 3.20. The summed E-state index contributed by atoms with van der Waals surface area (Å²) in [6.45, 7) is 0. The van der Waals surface area contributed by atoms with Gasteiger partial charge in [-0.05, 0) is 41.5 Å². The standard InChI is InChI=1S/C15H12O2.C15H10O2/c16-13-10-15(11-6-2-1-3-7-11)17-14-9-5-4-8-12(13)14;16-15-12-8-4-5-9-13(12)17-14(15)10-11-6-2-1-3-7-11/h1-9,15H,10H2;1-10H/b;14-10-. The SMILES string of the molecule is O=C1/C(=C/c2ccccc2)Oc2ccccc21.O=C1CC(c2ccccc2)Oc2ccccc21. The summed E-state index contributed by atoms with van der Waals surface area (Å²) in [7, 11) is 0. The van der Waals surface area contributed by atoms with Crippen LogP contribution in [0.25, 0.3) is 6.08 Å². The molecular formula is C30H22O4. The zero-order chi connectivity index (χ0) is 23.3. The van der Waals surface area contributed by atoms with Crippen molar-refractivity contribution in [3.05, 3.63) is 137 Å². The van der Waals surface area contributed by atoms with Crippen LogP contribution in [-0.4, -0.2) is 11.6 Å². The van der Waals surface area contributed by atoms with Gasteiger partial charge in [-0.25, -0.2) is 0 Å². The molecular weight excluding hydrogens is 424 g/mol. The summed E-state index contributed by atoms with van der Waals surface area (Å²) in [6.07, 6.45) is 2.03. The van der Waals surface area contributed by atoms with E-state index in [1.54, 1.807) is 18.2 Å². The van der Waals surface area contributed by atoms with Crippen LogP contribution in [-0.2, 0) is 0 Å². The molecule has 0 amide bonds. The number of hydrogen-bond acceptors (Lipinski definition) is 4. The molecule has 0 N–H and O–H groups in total. The summed E-state index contributed by atoms with van der Waals surface area (Å²) >= 11 is 0. The molecule has 0 bridgehead atoms. The molecule has 1 atom stereocenters. The van der Waals surface area contributed by atoms with Crippen molar-refractivity contribution in [2.75, 3.05) is 0 Å². The first-order chi connectivity index (χ1) is 16.7. The molecule has 166 valence electrons. The van der Waals surface area contributed by atoms with E-state index in [4.69, 9.17) is 9.47 Å². The minimum Gasteiger partial charge on any atom is -0.484 e. The smallest absolute Gasteiger partial charge is 0.231 e. The molecule has 0 spiro atoms. The first-order valence-electron chi connectivity index (χ1n) is 11.1. The van der Waals surface area contributed by atoms with Crippen molar-refractivity contribution in [1.29, 1.82) is 0 Å². The topological polar surface area (TPSA) is 52.6 Å². The molecule has 0 fully saturated rings. The van der Waals surface area contributed by atoms with Gasteiger partial charge >= 0.3 is 0 Å². The Hall–Kier alpha value is -4.44. The predicted octanol–water partition coefficient (Wildman–Crippen LogP) is 6.70. The van der Waals surface area contributed by atoms with Gasteiger partial charge < -0.3 is 9.47 Å². The van der Waals surface area contributed by atoms with Crippen LogP contribution in [0, 0.1) is 0 Å². The third-order valence-corrected chi connectivity index (χ3v) is 5.67. The molecule has 4 heteroatoms. The van der Waals surface area contributed by atoms with Crippen LogP contribution in [0.5, 0.6) is 11.5 Å².